The first-order valence-corrected chi connectivity index (χ1v) is 6.46. The summed E-state index contributed by atoms with van der Waals surface area (Å²) in [5, 5.41) is 5.13. The number of ether oxygens (including phenoxy) is 1. The summed E-state index contributed by atoms with van der Waals surface area (Å²) in [6.45, 7) is 5.55. The molecule has 0 aliphatic carbocycles. The van der Waals surface area contributed by atoms with E-state index in [4.69, 9.17) is 10.5 Å². The number of amides is 2. The van der Waals surface area contributed by atoms with E-state index >= 15 is 0 Å². The van der Waals surface area contributed by atoms with Crippen LogP contribution in [0, 0.1) is 6.92 Å². The second kappa shape index (κ2) is 7.49. The highest BCUT2D eigenvalue weighted by atomic mass is 16.5. The molecular formula is C14H21N3O3. The molecule has 0 bridgehead atoms. The van der Waals surface area contributed by atoms with Crippen molar-refractivity contribution in [2.45, 2.75) is 26.9 Å². The van der Waals surface area contributed by atoms with Crippen LogP contribution in [0.3, 0.4) is 0 Å². The van der Waals surface area contributed by atoms with Gasteiger partial charge in [-0.3, -0.25) is 9.59 Å². The van der Waals surface area contributed by atoms with Crippen LogP contribution in [0.4, 0.5) is 5.69 Å². The average molecular weight is 279 g/mol. The van der Waals surface area contributed by atoms with Gasteiger partial charge in [0.15, 0.2) is 0 Å². The zero-order valence-corrected chi connectivity index (χ0v) is 12.0. The molecule has 0 radical (unpaired) electrons. The molecule has 2 amide bonds. The summed E-state index contributed by atoms with van der Waals surface area (Å²) in [5.41, 5.74) is 6.71. The Morgan fingerprint density at radius 1 is 1.30 bits per heavy atom. The van der Waals surface area contributed by atoms with Gasteiger partial charge in [-0.2, -0.15) is 0 Å². The van der Waals surface area contributed by atoms with E-state index in [9.17, 15) is 9.59 Å². The molecule has 1 aromatic rings. The van der Waals surface area contributed by atoms with Crippen molar-refractivity contribution in [2.24, 2.45) is 5.73 Å². The number of hydrogen-bond donors (Lipinski definition) is 3. The van der Waals surface area contributed by atoms with Crippen LogP contribution in [-0.4, -0.2) is 31.0 Å². The van der Waals surface area contributed by atoms with Crippen LogP contribution in [0.2, 0.25) is 0 Å². The fourth-order valence-electron chi connectivity index (χ4n) is 1.57. The molecule has 0 saturated carbocycles. The molecule has 1 rings (SSSR count). The summed E-state index contributed by atoms with van der Waals surface area (Å²) in [5.74, 6) is 0.0944. The molecule has 20 heavy (non-hydrogen) atoms. The second-order valence-corrected chi connectivity index (χ2v) is 4.67. The zero-order chi connectivity index (χ0) is 15.1. The van der Waals surface area contributed by atoms with Crippen LogP contribution in [0.5, 0.6) is 5.75 Å². The van der Waals surface area contributed by atoms with Crippen molar-refractivity contribution in [1.29, 1.82) is 0 Å². The van der Waals surface area contributed by atoms with E-state index in [1.54, 1.807) is 12.1 Å². The number of rotatable bonds is 6. The van der Waals surface area contributed by atoms with Crippen molar-refractivity contribution in [1.82, 2.24) is 5.32 Å². The van der Waals surface area contributed by atoms with Crippen molar-refractivity contribution in [3.05, 3.63) is 23.8 Å². The Balaban J connectivity index is 2.59. The zero-order valence-electron chi connectivity index (χ0n) is 12.0. The fourth-order valence-corrected chi connectivity index (χ4v) is 1.57. The van der Waals surface area contributed by atoms with Crippen LogP contribution in [0.15, 0.2) is 18.2 Å². The lowest BCUT2D eigenvalue weighted by Crippen LogP contribution is -2.36. The van der Waals surface area contributed by atoms with Crippen molar-refractivity contribution in [3.8, 4) is 5.75 Å². The molecule has 0 aliphatic heterocycles. The van der Waals surface area contributed by atoms with E-state index in [2.05, 4.69) is 10.6 Å². The van der Waals surface area contributed by atoms with Gasteiger partial charge in [0.2, 0.25) is 11.8 Å². The summed E-state index contributed by atoms with van der Waals surface area (Å²) in [4.78, 5) is 22.6. The van der Waals surface area contributed by atoms with Crippen molar-refractivity contribution >= 4 is 17.5 Å². The van der Waals surface area contributed by atoms with E-state index in [-0.39, 0.29) is 31.0 Å². The van der Waals surface area contributed by atoms with Gasteiger partial charge in [-0.25, -0.2) is 0 Å². The molecule has 0 spiro atoms. The predicted molar refractivity (Wildman–Crippen MR) is 77.6 cm³/mol. The minimum Gasteiger partial charge on any atom is -0.491 e. The minimum absolute atomic E-state index is 0.0975. The lowest BCUT2D eigenvalue weighted by Gasteiger charge is -2.13. The molecule has 0 heterocycles. The summed E-state index contributed by atoms with van der Waals surface area (Å²) in [7, 11) is 0. The summed E-state index contributed by atoms with van der Waals surface area (Å²) < 4.78 is 5.56. The molecule has 0 atom stereocenters. The third-order valence-electron chi connectivity index (χ3n) is 2.48. The normalized spacial score (nSPS) is 10.2. The number of nitrogens with one attached hydrogen (secondary N) is 2. The molecule has 1 aromatic carbocycles. The van der Waals surface area contributed by atoms with E-state index < -0.39 is 0 Å². The Morgan fingerprint density at radius 3 is 2.55 bits per heavy atom. The van der Waals surface area contributed by atoms with Crippen molar-refractivity contribution in [2.75, 3.05) is 18.4 Å². The highest BCUT2D eigenvalue weighted by molar-refractivity contribution is 5.95. The monoisotopic (exact) mass is 279 g/mol. The van der Waals surface area contributed by atoms with Gasteiger partial charge >= 0.3 is 0 Å². The summed E-state index contributed by atoms with van der Waals surface area (Å²) >= 11 is 0. The van der Waals surface area contributed by atoms with Gasteiger partial charge in [-0.05, 0) is 44.5 Å². The third kappa shape index (κ3) is 5.27. The van der Waals surface area contributed by atoms with Gasteiger partial charge < -0.3 is 21.1 Å². The van der Waals surface area contributed by atoms with Crippen LogP contribution in [0.1, 0.15) is 19.4 Å². The summed E-state index contributed by atoms with van der Waals surface area (Å²) in [6.07, 6.45) is 0.0984. The molecular weight excluding hydrogens is 258 g/mol. The number of benzene rings is 1. The first kappa shape index (κ1) is 16.0. The predicted octanol–water partition coefficient (Wildman–Crippen LogP) is 0.796. The van der Waals surface area contributed by atoms with Gasteiger partial charge in [-0.15, -0.1) is 0 Å². The Morgan fingerprint density at radius 2 is 2.00 bits per heavy atom. The highest BCUT2D eigenvalue weighted by Crippen LogP contribution is 2.22. The van der Waals surface area contributed by atoms with Gasteiger partial charge in [-0.1, -0.05) is 0 Å². The van der Waals surface area contributed by atoms with Crippen molar-refractivity contribution in [3.63, 3.8) is 0 Å². The van der Waals surface area contributed by atoms with E-state index in [1.165, 1.54) is 0 Å². The van der Waals surface area contributed by atoms with Crippen molar-refractivity contribution < 1.29 is 14.3 Å². The first-order chi connectivity index (χ1) is 9.42. The Bertz CT molecular complexity index is 487. The van der Waals surface area contributed by atoms with Gasteiger partial charge in [0.25, 0.3) is 0 Å². The lowest BCUT2D eigenvalue weighted by atomic mass is 10.2. The molecule has 0 aromatic heterocycles. The molecule has 0 fully saturated rings. The number of anilines is 1. The van der Waals surface area contributed by atoms with E-state index in [0.29, 0.717) is 5.69 Å². The van der Waals surface area contributed by atoms with Crippen LogP contribution in [-0.2, 0) is 9.59 Å². The standard InChI is InChI=1S/C14H21N3O3/c1-9(2)20-11-4-5-12(10(3)6-11)17-14(19)8-16-13(18)7-15/h4-6,9H,7-8,15H2,1-3H3,(H,16,18)(H,17,19). The quantitative estimate of drug-likeness (QED) is 0.718. The highest BCUT2D eigenvalue weighted by Gasteiger charge is 2.07. The molecule has 0 unspecified atom stereocenters. The number of carbonyl (C=O) groups is 2. The average Bonchev–Trinajstić information content (AvgIpc) is 2.38. The third-order valence-corrected chi connectivity index (χ3v) is 2.48. The first-order valence-electron chi connectivity index (χ1n) is 6.46. The molecule has 0 aliphatic rings. The maximum Gasteiger partial charge on any atom is 0.243 e. The SMILES string of the molecule is Cc1cc(OC(C)C)ccc1NC(=O)CNC(=O)CN. The van der Waals surface area contributed by atoms with Crippen LogP contribution >= 0.6 is 0 Å². The molecule has 4 N–H and O–H groups in total. The second-order valence-electron chi connectivity index (χ2n) is 4.67. The molecule has 6 heteroatoms. The van der Waals surface area contributed by atoms with E-state index in [0.717, 1.165) is 11.3 Å². The van der Waals surface area contributed by atoms with Gasteiger partial charge in [0.1, 0.15) is 5.75 Å². The minimum atomic E-state index is -0.363. The topological polar surface area (TPSA) is 93.5 Å². The maximum atomic E-state index is 11.6. The van der Waals surface area contributed by atoms with Gasteiger partial charge in [0.05, 0.1) is 19.2 Å². The smallest absolute Gasteiger partial charge is 0.243 e. The Labute approximate surface area is 118 Å². The number of hydrogen-bond acceptors (Lipinski definition) is 4. The number of aryl methyl sites for hydroxylation is 1. The Kier molecular flexibility index (Phi) is 5.99. The van der Waals surface area contributed by atoms with Crippen LogP contribution in [0.25, 0.3) is 0 Å². The van der Waals surface area contributed by atoms with Crippen LogP contribution < -0.4 is 21.1 Å². The summed E-state index contributed by atoms with van der Waals surface area (Å²) in [6, 6.07) is 5.42. The number of nitrogens with two attached hydrogens (primary N) is 1. The molecule has 110 valence electrons. The van der Waals surface area contributed by atoms with E-state index in [1.807, 2.05) is 26.8 Å². The molecule has 0 saturated heterocycles. The maximum absolute atomic E-state index is 11.6. The number of carbonyl (C=O) groups excluding carboxylic acids is 2. The lowest BCUT2D eigenvalue weighted by molar-refractivity contribution is -0.123. The Hall–Kier alpha value is -2.08. The van der Waals surface area contributed by atoms with Gasteiger partial charge in [0, 0.05) is 5.69 Å². The largest absolute Gasteiger partial charge is 0.491 e. The molecule has 6 nitrogen and oxygen atoms in total. The fraction of sp³-hybridized carbons (Fsp3) is 0.429.